The summed E-state index contributed by atoms with van der Waals surface area (Å²) in [4.78, 5) is 10.6. The molecular weight excluding hydrogens is 168 g/mol. The van der Waals surface area contributed by atoms with Gasteiger partial charge in [-0.2, -0.15) is 5.10 Å². The molecule has 13 heavy (non-hydrogen) atoms. The van der Waals surface area contributed by atoms with Crippen molar-refractivity contribution in [2.45, 2.75) is 19.9 Å². The molecule has 0 fully saturated rings. The fourth-order valence-electron chi connectivity index (χ4n) is 0.989. The van der Waals surface area contributed by atoms with Gasteiger partial charge in [0.2, 0.25) is 0 Å². The Labute approximate surface area is 76.5 Å². The molecule has 1 aromatic rings. The van der Waals surface area contributed by atoms with Crippen LogP contribution in [0.3, 0.4) is 0 Å². The summed E-state index contributed by atoms with van der Waals surface area (Å²) < 4.78 is 1.47. The minimum Gasteiger partial charge on any atom is -0.477 e. The lowest BCUT2D eigenvalue weighted by atomic mass is 10.2. The third kappa shape index (κ3) is 2.43. The number of carboxylic acids is 1. The van der Waals surface area contributed by atoms with E-state index in [0.717, 1.165) is 12.0 Å². The molecule has 0 aliphatic rings. The Morgan fingerprint density at radius 3 is 3.00 bits per heavy atom. The molecule has 0 unspecified atom stereocenters. The van der Waals surface area contributed by atoms with Gasteiger partial charge < -0.3 is 5.11 Å². The molecule has 1 heterocycles. The van der Waals surface area contributed by atoms with Gasteiger partial charge in [0.05, 0.1) is 0 Å². The van der Waals surface area contributed by atoms with Gasteiger partial charge in [-0.1, -0.05) is 5.57 Å². The molecule has 1 rings (SSSR count). The van der Waals surface area contributed by atoms with Crippen molar-refractivity contribution in [3.8, 4) is 0 Å². The fourth-order valence-corrected chi connectivity index (χ4v) is 0.989. The Bertz CT molecular complexity index is 328. The zero-order valence-corrected chi connectivity index (χ0v) is 7.53. The second-order valence-electron chi connectivity index (χ2n) is 2.95. The molecule has 70 valence electrons. The first-order chi connectivity index (χ1) is 6.11. The van der Waals surface area contributed by atoms with Crippen LogP contribution in [0.5, 0.6) is 0 Å². The average Bonchev–Trinajstić information content (AvgIpc) is 2.47. The van der Waals surface area contributed by atoms with Crippen LogP contribution in [-0.2, 0) is 6.54 Å². The van der Waals surface area contributed by atoms with Crippen LogP contribution in [-0.4, -0.2) is 20.9 Å². The van der Waals surface area contributed by atoms with E-state index in [-0.39, 0.29) is 5.69 Å². The lowest BCUT2D eigenvalue weighted by Gasteiger charge is -2.03. The van der Waals surface area contributed by atoms with Crippen molar-refractivity contribution in [2.24, 2.45) is 0 Å². The second-order valence-corrected chi connectivity index (χ2v) is 2.95. The summed E-state index contributed by atoms with van der Waals surface area (Å²) in [7, 11) is 0. The molecule has 0 aliphatic carbocycles. The first kappa shape index (κ1) is 9.51. The van der Waals surface area contributed by atoms with E-state index in [2.05, 4.69) is 11.7 Å². The molecule has 1 N–H and O–H groups in total. The van der Waals surface area contributed by atoms with Crippen molar-refractivity contribution >= 4 is 5.97 Å². The number of allylic oxidation sites excluding steroid dienone is 1. The number of rotatable bonds is 4. The minimum absolute atomic E-state index is 0.223. The monoisotopic (exact) mass is 180 g/mol. The highest BCUT2D eigenvalue weighted by Gasteiger charge is 2.08. The zero-order valence-electron chi connectivity index (χ0n) is 7.53. The number of carbonyl (C=O) groups is 1. The normalized spacial score (nSPS) is 9.92. The van der Waals surface area contributed by atoms with Crippen molar-refractivity contribution in [3.05, 3.63) is 30.1 Å². The number of aromatic carboxylic acids is 1. The maximum atomic E-state index is 10.6. The lowest BCUT2D eigenvalue weighted by molar-refractivity contribution is 0.0683. The Hall–Kier alpha value is -1.58. The average molecular weight is 180 g/mol. The van der Waals surface area contributed by atoms with Gasteiger partial charge in [0, 0.05) is 12.7 Å². The van der Waals surface area contributed by atoms with E-state index in [4.69, 9.17) is 5.11 Å². The molecule has 0 bridgehead atoms. The molecule has 4 heteroatoms. The van der Waals surface area contributed by atoms with Crippen molar-refractivity contribution in [2.75, 3.05) is 0 Å². The largest absolute Gasteiger partial charge is 0.477 e. The van der Waals surface area contributed by atoms with Crippen LogP contribution < -0.4 is 0 Å². The second kappa shape index (κ2) is 3.89. The van der Waals surface area contributed by atoms with Gasteiger partial charge in [0.25, 0.3) is 0 Å². The van der Waals surface area contributed by atoms with Crippen LogP contribution in [0.15, 0.2) is 24.4 Å². The van der Waals surface area contributed by atoms with Crippen molar-refractivity contribution < 1.29 is 9.90 Å². The van der Waals surface area contributed by atoms with Crippen LogP contribution in [0.2, 0.25) is 0 Å². The van der Waals surface area contributed by atoms with Gasteiger partial charge in [-0.25, -0.2) is 4.79 Å². The number of hydrogen-bond donors (Lipinski definition) is 1. The SMILES string of the molecule is C=C(C)CCn1nccc1C(=O)O. The molecule has 0 saturated carbocycles. The predicted octanol–water partition coefficient (Wildman–Crippen LogP) is 1.55. The van der Waals surface area contributed by atoms with E-state index >= 15 is 0 Å². The minimum atomic E-state index is -0.945. The molecule has 0 aliphatic heterocycles. The molecule has 0 aromatic carbocycles. The number of aromatic nitrogens is 2. The molecular formula is C9H12N2O2. The topological polar surface area (TPSA) is 55.1 Å². The molecule has 1 aromatic heterocycles. The predicted molar refractivity (Wildman–Crippen MR) is 48.6 cm³/mol. The number of aryl methyl sites for hydroxylation is 1. The summed E-state index contributed by atoms with van der Waals surface area (Å²) in [6, 6.07) is 1.49. The van der Waals surface area contributed by atoms with Crippen LogP contribution >= 0.6 is 0 Å². The number of hydrogen-bond acceptors (Lipinski definition) is 2. The summed E-state index contributed by atoms with van der Waals surface area (Å²) in [5.74, 6) is -0.945. The Kier molecular flexibility index (Phi) is 2.84. The van der Waals surface area contributed by atoms with Crippen molar-refractivity contribution in [3.63, 3.8) is 0 Å². The van der Waals surface area contributed by atoms with Crippen LogP contribution in [0.4, 0.5) is 0 Å². The standard InChI is InChI=1S/C9H12N2O2/c1-7(2)4-6-11-8(9(12)13)3-5-10-11/h3,5H,1,4,6H2,2H3,(H,12,13). The Balaban J connectivity index is 2.71. The molecule has 0 atom stereocenters. The highest BCUT2D eigenvalue weighted by molar-refractivity contribution is 5.85. The number of nitrogens with zero attached hydrogens (tertiary/aromatic N) is 2. The summed E-state index contributed by atoms with van der Waals surface area (Å²) in [6.45, 7) is 6.22. The third-order valence-corrected chi connectivity index (χ3v) is 1.69. The maximum Gasteiger partial charge on any atom is 0.354 e. The quantitative estimate of drug-likeness (QED) is 0.715. The molecule has 0 spiro atoms. The van der Waals surface area contributed by atoms with Crippen LogP contribution in [0.25, 0.3) is 0 Å². The fraction of sp³-hybridized carbons (Fsp3) is 0.333. The Morgan fingerprint density at radius 1 is 1.77 bits per heavy atom. The molecule has 0 saturated heterocycles. The Morgan fingerprint density at radius 2 is 2.46 bits per heavy atom. The first-order valence-corrected chi connectivity index (χ1v) is 4.00. The maximum absolute atomic E-state index is 10.6. The smallest absolute Gasteiger partial charge is 0.354 e. The van der Waals surface area contributed by atoms with Gasteiger partial charge >= 0.3 is 5.97 Å². The van der Waals surface area contributed by atoms with E-state index < -0.39 is 5.97 Å². The van der Waals surface area contributed by atoms with E-state index in [1.165, 1.54) is 16.9 Å². The van der Waals surface area contributed by atoms with Gasteiger partial charge in [-0.05, 0) is 19.4 Å². The van der Waals surface area contributed by atoms with Crippen molar-refractivity contribution in [1.29, 1.82) is 0 Å². The van der Waals surface area contributed by atoms with Gasteiger partial charge in [-0.3, -0.25) is 4.68 Å². The third-order valence-electron chi connectivity index (χ3n) is 1.69. The van der Waals surface area contributed by atoms with E-state index in [9.17, 15) is 4.79 Å². The van der Waals surface area contributed by atoms with Crippen LogP contribution in [0.1, 0.15) is 23.8 Å². The van der Waals surface area contributed by atoms with Gasteiger partial charge in [-0.15, -0.1) is 6.58 Å². The highest BCUT2D eigenvalue weighted by Crippen LogP contribution is 2.03. The highest BCUT2D eigenvalue weighted by atomic mass is 16.4. The van der Waals surface area contributed by atoms with E-state index in [1.54, 1.807) is 0 Å². The summed E-state index contributed by atoms with van der Waals surface area (Å²) >= 11 is 0. The summed E-state index contributed by atoms with van der Waals surface area (Å²) in [5.41, 5.74) is 1.24. The summed E-state index contributed by atoms with van der Waals surface area (Å²) in [5, 5.41) is 12.6. The molecule has 0 radical (unpaired) electrons. The number of carboxylic acid groups (broad SMARTS) is 1. The van der Waals surface area contributed by atoms with Crippen molar-refractivity contribution in [1.82, 2.24) is 9.78 Å². The van der Waals surface area contributed by atoms with Gasteiger partial charge in [0.1, 0.15) is 5.69 Å². The molecule has 0 amide bonds. The van der Waals surface area contributed by atoms with E-state index in [0.29, 0.717) is 6.54 Å². The lowest BCUT2D eigenvalue weighted by Crippen LogP contribution is -2.10. The molecule has 4 nitrogen and oxygen atoms in total. The van der Waals surface area contributed by atoms with Gasteiger partial charge in [0.15, 0.2) is 0 Å². The van der Waals surface area contributed by atoms with Crippen LogP contribution in [0, 0.1) is 0 Å². The zero-order chi connectivity index (χ0) is 9.84. The first-order valence-electron chi connectivity index (χ1n) is 4.00. The van der Waals surface area contributed by atoms with E-state index in [1.807, 2.05) is 6.92 Å². The summed E-state index contributed by atoms with van der Waals surface area (Å²) in [6.07, 6.45) is 2.24.